The second kappa shape index (κ2) is 17.1. The van der Waals surface area contributed by atoms with Crippen LogP contribution in [0.25, 0.3) is 0 Å². The maximum atomic E-state index is 12.0. The molecule has 0 atom stereocenters. The van der Waals surface area contributed by atoms with E-state index in [1.807, 2.05) is 0 Å². The number of hydrogen-bond acceptors (Lipinski definition) is 6. The normalized spacial score (nSPS) is 10.8. The van der Waals surface area contributed by atoms with Crippen LogP contribution >= 0.6 is 0 Å². The predicted molar refractivity (Wildman–Crippen MR) is 125 cm³/mol. The zero-order chi connectivity index (χ0) is 23.6. The summed E-state index contributed by atoms with van der Waals surface area (Å²) in [5.41, 5.74) is -0.997. The second-order valence-electron chi connectivity index (χ2n) is 8.34. The van der Waals surface area contributed by atoms with E-state index in [1.54, 1.807) is 0 Å². The molecule has 0 unspecified atom stereocenters. The Bertz CT molecular complexity index is 708. The van der Waals surface area contributed by atoms with Gasteiger partial charge in [-0.15, -0.1) is 0 Å². The van der Waals surface area contributed by atoms with Crippen molar-refractivity contribution < 1.29 is 19.4 Å². The molecular formula is C24H38N2O6. The molecule has 0 aliphatic rings. The molecular weight excluding hydrogens is 412 g/mol. The summed E-state index contributed by atoms with van der Waals surface area (Å²) in [5.74, 6) is -0.816. The number of unbranched alkanes of at least 4 members (excludes halogenated alkanes) is 14. The highest BCUT2D eigenvalue weighted by molar-refractivity contribution is 5.74. The highest BCUT2D eigenvalue weighted by atomic mass is 16.6. The van der Waals surface area contributed by atoms with Crippen LogP contribution in [-0.2, 0) is 4.79 Å². The summed E-state index contributed by atoms with van der Waals surface area (Å²) in [6.45, 7) is 2.24. The molecule has 32 heavy (non-hydrogen) atoms. The third-order valence-corrected chi connectivity index (χ3v) is 5.56. The molecule has 0 spiro atoms. The van der Waals surface area contributed by atoms with Crippen LogP contribution in [0.1, 0.15) is 110 Å². The first-order valence-corrected chi connectivity index (χ1v) is 12.1. The minimum absolute atomic E-state index is 0.173. The van der Waals surface area contributed by atoms with Gasteiger partial charge in [-0.1, -0.05) is 96.8 Å². The Morgan fingerprint density at radius 3 is 1.66 bits per heavy atom. The monoisotopic (exact) mass is 450 g/mol. The molecule has 0 saturated carbocycles. The van der Waals surface area contributed by atoms with Gasteiger partial charge in [-0.2, -0.15) is 0 Å². The number of esters is 1. The van der Waals surface area contributed by atoms with Crippen molar-refractivity contribution in [3.05, 3.63) is 38.4 Å². The summed E-state index contributed by atoms with van der Waals surface area (Å²) in [6.07, 6.45) is 18.6. The number of carbonyl (C=O) groups excluding carboxylic acids is 1. The standard InChI is InChI=1S/C24H38N2O6/c1-2-3-4-5-6-7-8-9-10-11-12-13-14-15-16-17-24(27)32-23-19-18-21(25(28)29)20-22(23)26(30)31/h18-20H,2-17H2,1H3. The fraction of sp³-hybridized carbons (Fsp3) is 0.708. The Labute approximate surface area is 191 Å². The minimum atomic E-state index is -0.788. The lowest BCUT2D eigenvalue weighted by Gasteiger charge is -2.05. The Morgan fingerprint density at radius 2 is 1.22 bits per heavy atom. The molecule has 0 saturated heterocycles. The first-order chi connectivity index (χ1) is 15.5. The van der Waals surface area contributed by atoms with Crippen LogP contribution in [-0.4, -0.2) is 15.8 Å². The maximum Gasteiger partial charge on any atom is 0.318 e. The summed E-state index contributed by atoms with van der Waals surface area (Å²) < 4.78 is 5.06. The fourth-order valence-electron chi connectivity index (χ4n) is 3.66. The molecule has 8 nitrogen and oxygen atoms in total. The molecule has 0 N–H and O–H groups in total. The molecule has 0 fully saturated rings. The number of nitro groups is 2. The molecule has 0 aromatic heterocycles. The lowest BCUT2D eigenvalue weighted by molar-refractivity contribution is -0.394. The molecule has 1 aromatic carbocycles. The van der Waals surface area contributed by atoms with Crippen LogP contribution in [0.5, 0.6) is 5.75 Å². The van der Waals surface area contributed by atoms with Crippen LogP contribution in [0.3, 0.4) is 0 Å². The van der Waals surface area contributed by atoms with Gasteiger partial charge in [0.25, 0.3) is 5.69 Å². The smallest absolute Gasteiger partial charge is 0.318 e. The van der Waals surface area contributed by atoms with E-state index in [0.29, 0.717) is 6.42 Å². The van der Waals surface area contributed by atoms with E-state index in [0.717, 1.165) is 37.5 Å². The van der Waals surface area contributed by atoms with E-state index in [1.165, 1.54) is 70.6 Å². The highest BCUT2D eigenvalue weighted by Gasteiger charge is 2.22. The van der Waals surface area contributed by atoms with Crippen molar-refractivity contribution in [2.75, 3.05) is 0 Å². The van der Waals surface area contributed by atoms with Gasteiger partial charge in [0.1, 0.15) is 0 Å². The molecule has 0 amide bonds. The first kappa shape index (κ1) is 27.5. The van der Waals surface area contributed by atoms with Gasteiger partial charge in [0, 0.05) is 12.5 Å². The summed E-state index contributed by atoms with van der Waals surface area (Å²) in [5, 5.41) is 21.8. The minimum Gasteiger partial charge on any atom is -0.419 e. The Kier molecular flexibility index (Phi) is 14.7. The molecule has 1 rings (SSSR count). The molecule has 1 aromatic rings. The van der Waals surface area contributed by atoms with E-state index in [9.17, 15) is 25.0 Å². The van der Waals surface area contributed by atoms with E-state index < -0.39 is 27.2 Å². The van der Waals surface area contributed by atoms with Crippen molar-refractivity contribution in [1.82, 2.24) is 0 Å². The third-order valence-electron chi connectivity index (χ3n) is 5.56. The van der Waals surface area contributed by atoms with Gasteiger partial charge >= 0.3 is 11.7 Å². The number of non-ortho nitro benzene ring substituents is 1. The van der Waals surface area contributed by atoms with Crippen molar-refractivity contribution >= 4 is 17.3 Å². The lowest BCUT2D eigenvalue weighted by atomic mass is 10.0. The highest BCUT2D eigenvalue weighted by Crippen LogP contribution is 2.31. The zero-order valence-corrected chi connectivity index (χ0v) is 19.4. The van der Waals surface area contributed by atoms with Gasteiger partial charge in [-0.05, 0) is 12.5 Å². The zero-order valence-electron chi connectivity index (χ0n) is 19.4. The van der Waals surface area contributed by atoms with Gasteiger partial charge in [0.05, 0.1) is 15.9 Å². The molecule has 0 radical (unpaired) electrons. The third kappa shape index (κ3) is 12.4. The number of benzene rings is 1. The van der Waals surface area contributed by atoms with Gasteiger partial charge in [-0.3, -0.25) is 25.0 Å². The summed E-state index contributed by atoms with van der Waals surface area (Å²) in [7, 11) is 0. The molecule has 0 heterocycles. The fourth-order valence-corrected chi connectivity index (χ4v) is 3.66. The van der Waals surface area contributed by atoms with Crippen LogP contribution in [0.4, 0.5) is 11.4 Å². The maximum absolute atomic E-state index is 12.0. The SMILES string of the molecule is CCCCCCCCCCCCCCCCCC(=O)Oc1ccc([N+](=O)[O-])cc1[N+](=O)[O-]. The number of nitrogens with zero attached hydrogens (tertiary/aromatic N) is 2. The number of carbonyl (C=O) groups is 1. The average molecular weight is 451 g/mol. The van der Waals surface area contributed by atoms with Crippen LogP contribution in [0, 0.1) is 20.2 Å². The van der Waals surface area contributed by atoms with E-state index in [-0.39, 0.29) is 12.2 Å². The number of ether oxygens (including phenoxy) is 1. The van der Waals surface area contributed by atoms with E-state index in [2.05, 4.69) is 6.92 Å². The van der Waals surface area contributed by atoms with Gasteiger partial charge in [0.2, 0.25) is 5.75 Å². The van der Waals surface area contributed by atoms with Crippen molar-refractivity contribution in [3.63, 3.8) is 0 Å². The summed E-state index contributed by atoms with van der Waals surface area (Å²) in [6, 6.07) is 2.99. The predicted octanol–water partition coefficient (Wildman–Crippen LogP) is 7.67. The van der Waals surface area contributed by atoms with Crippen LogP contribution in [0.15, 0.2) is 18.2 Å². The first-order valence-electron chi connectivity index (χ1n) is 12.1. The molecule has 0 aliphatic carbocycles. The summed E-state index contributed by atoms with van der Waals surface area (Å²) in [4.78, 5) is 32.3. The largest absolute Gasteiger partial charge is 0.419 e. The van der Waals surface area contributed by atoms with Crippen LogP contribution in [0.2, 0.25) is 0 Å². The molecule has 180 valence electrons. The Hall–Kier alpha value is -2.51. The molecule has 8 heteroatoms. The van der Waals surface area contributed by atoms with Gasteiger partial charge < -0.3 is 4.74 Å². The van der Waals surface area contributed by atoms with Crippen molar-refractivity contribution in [2.45, 2.75) is 110 Å². The Balaban J connectivity index is 2.07. The quantitative estimate of drug-likeness (QED) is 0.0702. The number of hydrogen-bond donors (Lipinski definition) is 0. The van der Waals surface area contributed by atoms with Crippen molar-refractivity contribution in [3.8, 4) is 5.75 Å². The molecule has 0 aliphatic heterocycles. The summed E-state index contributed by atoms with van der Waals surface area (Å²) >= 11 is 0. The van der Waals surface area contributed by atoms with Gasteiger partial charge in [-0.25, -0.2) is 0 Å². The van der Waals surface area contributed by atoms with Crippen molar-refractivity contribution in [1.29, 1.82) is 0 Å². The second-order valence-corrected chi connectivity index (χ2v) is 8.34. The Morgan fingerprint density at radius 1 is 0.750 bits per heavy atom. The number of rotatable bonds is 19. The molecule has 0 bridgehead atoms. The van der Waals surface area contributed by atoms with Crippen molar-refractivity contribution in [2.24, 2.45) is 0 Å². The van der Waals surface area contributed by atoms with E-state index >= 15 is 0 Å². The van der Waals surface area contributed by atoms with Crippen LogP contribution < -0.4 is 4.74 Å². The van der Waals surface area contributed by atoms with Gasteiger partial charge in [0.15, 0.2) is 0 Å². The number of nitro benzene ring substituents is 2. The van der Waals surface area contributed by atoms with E-state index in [4.69, 9.17) is 4.74 Å². The lowest BCUT2D eigenvalue weighted by Crippen LogP contribution is -2.09. The topological polar surface area (TPSA) is 113 Å². The average Bonchev–Trinajstić information content (AvgIpc) is 2.76.